The number of rotatable bonds is 5. The molecular formula is C30H22N2O3S. The Morgan fingerprint density at radius 1 is 0.806 bits per heavy atom. The van der Waals surface area contributed by atoms with Crippen LogP contribution in [0.1, 0.15) is 11.1 Å². The molecule has 0 aromatic heterocycles. The Bertz CT molecular complexity index is 1490. The van der Waals surface area contributed by atoms with Crippen molar-refractivity contribution in [2.75, 3.05) is 4.90 Å². The quantitative estimate of drug-likeness (QED) is 0.203. The van der Waals surface area contributed by atoms with Gasteiger partial charge in [0.2, 0.25) is 0 Å². The van der Waals surface area contributed by atoms with Crippen LogP contribution >= 0.6 is 12.2 Å². The van der Waals surface area contributed by atoms with E-state index < -0.39 is 11.8 Å². The molecule has 0 atom stereocenters. The number of amides is 2. The van der Waals surface area contributed by atoms with Crippen molar-refractivity contribution >= 4 is 40.9 Å². The minimum absolute atomic E-state index is 0.00939. The van der Waals surface area contributed by atoms with Crippen molar-refractivity contribution < 1.29 is 14.3 Å². The molecule has 0 spiro atoms. The van der Waals surface area contributed by atoms with E-state index in [1.807, 2.05) is 85.8 Å². The van der Waals surface area contributed by atoms with Gasteiger partial charge in [0.15, 0.2) is 5.11 Å². The summed E-state index contributed by atoms with van der Waals surface area (Å²) in [6.07, 6.45) is 1.60. The van der Waals surface area contributed by atoms with Crippen molar-refractivity contribution in [3.8, 4) is 22.6 Å². The van der Waals surface area contributed by atoms with E-state index in [9.17, 15) is 9.59 Å². The van der Waals surface area contributed by atoms with Crippen LogP contribution in [0.4, 0.5) is 5.69 Å². The molecular weight excluding hydrogens is 468 g/mol. The number of thiocarbonyl (C=S) groups is 1. The second kappa shape index (κ2) is 9.98. The number of hydrogen-bond acceptors (Lipinski definition) is 4. The van der Waals surface area contributed by atoms with Gasteiger partial charge in [-0.25, -0.2) is 0 Å². The van der Waals surface area contributed by atoms with Gasteiger partial charge in [-0.1, -0.05) is 60.7 Å². The fraction of sp³-hybridized carbons (Fsp3) is 0.0333. The first-order valence-electron chi connectivity index (χ1n) is 11.4. The van der Waals surface area contributed by atoms with Crippen LogP contribution in [0.2, 0.25) is 0 Å². The Hall–Kier alpha value is -4.55. The average molecular weight is 491 g/mol. The van der Waals surface area contributed by atoms with Gasteiger partial charge in [0, 0.05) is 0 Å². The first-order valence-corrected chi connectivity index (χ1v) is 11.8. The molecule has 4 aromatic rings. The third-order valence-corrected chi connectivity index (χ3v) is 6.11. The van der Waals surface area contributed by atoms with Crippen LogP contribution in [0.15, 0.2) is 109 Å². The summed E-state index contributed by atoms with van der Waals surface area (Å²) in [5.41, 5.74) is 4.53. The van der Waals surface area contributed by atoms with Gasteiger partial charge < -0.3 is 4.74 Å². The fourth-order valence-corrected chi connectivity index (χ4v) is 4.32. The maximum absolute atomic E-state index is 13.4. The number of nitrogens with zero attached hydrogens (tertiary/aromatic N) is 1. The zero-order valence-electron chi connectivity index (χ0n) is 19.5. The van der Waals surface area contributed by atoms with Crippen molar-refractivity contribution in [2.45, 2.75) is 6.92 Å². The molecule has 1 aliphatic rings. The van der Waals surface area contributed by atoms with Crippen molar-refractivity contribution in [3.63, 3.8) is 0 Å². The highest BCUT2D eigenvalue weighted by atomic mass is 32.1. The smallest absolute Gasteiger partial charge is 0.270 e. The summed E-state index contributed by atoms with van der Waals surface area (Å²) in [6, 6.07) is 32.2. The molecule has 0 aliphatic carbocycles. The second-order valence-corrected chi connectivity index (χ2v) is 8.69. The summed E-state index contributed by atoms with van der Waals surface area (Å²) in [7, 11) is 0. The third-order valence-electron chi connectivity index (χ3n) is 5.83. The molecule has 0 radical (unpaired) electrons. The molecule has 0 bridgehead atoms. The molecule has 5 nitrogen and oxygen atoms in total. The number of carbonyl (C=O) groups excluding carboxylic acids is 2. The first-order chi connectivity index (χ1) is 17.5. The molecule has 4 aromatic carbocycles. The molecule has 1 N–H and O–H groups in total. The van der Waals surface area contributed by atoms with Crippen molar-refractivity contribution in [1.29, 1.82) is 0 Å². The number of para-hydroxylation sites is 1. The highest BCUT2D eigenvalue weighted by molar-refractivity contribution is 7.80. The molecule has 36 heavy (non-hydrogen) atoms. The molecule has 1 aliphatic heterocycles. The van der Waals surface area contributed by atoms with E-state index >= 15 is 0 Å². The highest BCUT2D eigenvalue weighted by Gasteiger charge is 2.34. The van der Waals surface area contributed by atoms with Crippen LogP contribution in [-0.2, 0) is 9.59 Å². The summed E-state index contributed by atoms with van der Waals surface area (Å²) < 4.78 is 5.83. The number of hydrogen-bond donors (Lipinski definition) is 1. The maximum atomic E-state index is 13.4. The lowest BCUT2D eigenvalue weighted by atomic mass is 9.98. The summed E-state index contributed by atoms with van der Waals surface area (Å²) >= 11 is 5.33. The zero-order valence-corrected chi connectivity index (χ0v) is 20.3. The van der Waals surface area contributed by atoms with Crippen LogP contribution < -0.4 is 15.0 Å². The number of aryl methyl sites for hydroxylation is 1. The molecule has 6 heteroatoms. The lowest BCUT2D eigenvalue weighted by molar-refractivity contribution is -0.122. The van der Waals surface area contributed by atoms with E-state index in [0.717, 1.165) is 22.3 Å². The highest BCUT2D eigenvalue weighted by Crippen LogP contribution is 2.28. The normalized spacial score (nSPS) is 14.6. The van der Waals surface area contributed by atoms with Gasteiger partial charge >= 0.3 is 0 Å². The molecule has 2 amide bonds. The predicted molar refractivity (Wildman–Crippen MR) is 146 cm³/mol. The predicted octanol–water partition coefficient (Wildman–Crippen LogP) is 6.29. The summed E-state index contributed by atoms with van der Waals surface area (Å²) in [6.45, 7) is 2.05. The van der Waals surface area contributed by atoms with Gasteiger partial charge in [0.25, 0.3) is 11.8 Å². The van der Waals surface area contributed by atoms with E-state index in [0.29, 0.717) is 17.2 Å². The largest absolute Gasteiger partial charge is 0.457 e. The lowest BCUT2D eigenvalue weighted by Crippen LogP contribution is -2.54. The van der Waals surface area contributed by atoms with Crippen LogP contribution in [0.3, 0.4) is 0 Å². The fourth-order valence-electron chi connectivity index (χ4n) is 4.04. The summed E-state index contributed by atoms with van der Waals surface area (Å²) in [5.74, 6) is 0.321. The van der Waals surface area contributed by atoms with Crippen LogP contribution in [0.25, 0.3) is 17.2 Å². The van der Waals surface area contributed by atoms with Gasteiger partial charge in [0.05, 0.1) is 5.69 Å². The van der Waals surface area contributed by atoms with E-state index in [-0.39, 0.29) is 10.7 Å². The SMILES string of the molecule is Cc1ccccc1-c1cccc(C=C2C(=O)NC(=S)N(c3ccc(Oc4ccccc4)cc3)C2=O)c1. The van der Waals surface area contributed by atoms with Crippen LogP contribution in [0.5, 0.6) is 11.5 Å². The van der Waals surface area contributed by atoms with Crippen molar-refractivity contribution in [1.82, 2.24) is 5.32 Å². The second-order valence-electron chi connectivity index (χ2n) is 8.31. The monoisotopic (exact) mass is 490 g/mol. The topological polar surface area (TPSA) is 58.6 Å². The number of anilines is 1. The van der Waals surface area contributed by atoms with E-state index in [1.54, 1.807) is 30.3 Å². The molecule has 1 fully saturated rings. The number of nitrogens with one attached hydrogen (secondary N) is 1. The van der Waals surface area contributed by atoms with Crippen molar-refractivity contribution in [2.24, 2.45) is 0 Å². The van der Waals surface area contributed by atoms with Gasteiger partial charge in [0.1, 0.15) is 17.1 Å². The Balaban J connectivity index is 1.42. The minimum Gasteiger partial charge on any atom is -0.457 e. The van der Waals surface area contributed by atoms with Gasteiger partial charge in [-0.15, -0.1) is 0 Å². The summed E-state index contributed by atoms with van der Waals surface area (Å²) in [5, 5.41) is 2.67. The Labute approximate surface area is 214 Å². The van der Waals surface area contributed by atoms with E-state index in [4.69, 9.17) is 17.0 Å². The van der Waals surface area contributed by atoms with Crippen molar-refractivity contribution in [3.05, 3.63) is 120 Å². The number of ether oxygens (including phenoxy) is 1. The molecule has 176 valence electrons. The van der Waals surface area contributed by atoms with Gasteiger partial charge in [-0.3, -0.25) is 19.8 Å². The molecule has 0 saturated carbocycles. The minimum atomic E-state index is -0.522. The Morgan fingerprint density at radius 3 is 2.25 bits per heavy atom. The maximum Gasteiger partial charge on any atom is 0.270 e. The Morgan fingerprint density at radius 2 is 1.50 bits per heavy atom. The molecule has 5 rings (SSSR count). The molecule has 1 saturated heterocycles. The molecule has 1 heterocycles. The van der Waals surface area contributed by atoms with Gasteiger partial charge in [-0.2, -0.15) is 0 Å². The third kappa shape index (κ3) is 4.80. The van der Waals surface area contributed by atoms with Crippen LogP contribution in [-0.4, -0.2) is 16.9 Å². The summed E-state index contributed by atoms with van der Waals surface area (Å²) in [4.78, 5) is 27.5. The average Bonchev–Trinajstić information content (AvgIpc) is 2.88. The van der Waals surface area contributed by atoms with E-state index in [1.165, 1.54) is 4.90 Å². The lowest BCUT2D eigenvalue weighted by Gasteiger charge is -2.29. The first kappa shape index (κ1) is 23.2. The standard InChI is InChI=1S/C30H22N2O3S/c1-20-8-5-6-13-26(20)22-10-7-9-21(18-22)19-27-28(33)31-30(36)32(29(27)34)23-14-16-25(17-15-23)35-24-11-3-2-4-12-24/h2-19H,1H3,(H,31,33,36). The van der Waals surface area contributed by atoms with E-state index in [2.05, 4.69) is 5.32 Å². The number of carbonyl (C=O) groups is 2. The number of benzene rings is 4. The van der Waals surface area contributed by atoms with Gasteiger partial charge in [-0.05, 0) is 89.9 Å². The molecule has 0 unspecified atom stereocenters. The zero-order chi connectivity index (χ0) is 25.1. The van der Waals surface area contributed by atoms with Crippen LogP contribution in [0, 0.1) is 6.92 Å². The Kier molecular flexibility index (Phi) is 6.43.